The fourth-order valence-electron chi connectivity index (χ4n) is 1.70. The van der Waals surface area contributed by atoms with Crippen molar-refractivity contribution < 1.29 is 8.42 Å². The van der Waals surface area contributed by atoms with Crippen LogP contribution in [-0.2, 0) is 9.84 Å². The van der Waals surface area contributed by atoms with Gasteiger partial charge in [-0.05, 0) is 13.3 Å². The maximum atomic E-state index is 11.4. The SMILES string of the molecule is CCC1C(C)S(=O)(=O)CCN1N=O. The molecule has 13 heavy (non-hydrogen) atoms. The second kappa shape index (κ2) is 3.61. The van der Waals surface area contributed by atoms with Crippen molar-refractivity contribution in [3.05, 3.63) is 4.91 Å². The molecule has 0 aromatic carbocycles. The van der Waals surface area contributed by atoms with Crippen LogP contribution >= 0.6 is 0 Å². The molecule has 2 atom stereocenters. The summed E-state index contributed by atoms with van der Waals surface area (Å²) in [6.45, 7) is 3.73. The quantitative estimate of drug-likeness (QED) is 0.619. The van der Waals surface area contributed by atoms with Gasteiger partial charge >= 0.3 is 0 Å². The maximum Gasteiger partial charge on any atom is 0.156 e. The van der Waals surface area contributed by atoms with E-state index in [1.807, 2.05) is 6.92 Å². The zero-order valence-corrected chi connectivity index (χ0v) is 8.62. The second-order valence-corrected chi connectivity index (χ2v) is 5.77. The molecule has 5 nitrogen and oxygen atoms in total. The number of sulfone groups is 1. The first kappa shape index (κ1) is 10.4. The van der Waals surface area contributed by atoms with Crippen molar-refractivity contribution in [2.45, 2.75) is 31.6 Å². The predicted octanol–water partition coefficient (Wildman–Crippen LogP) is 0.565. The maximum absolute atomic E-state index is 11.4. The number of hydrogen-bond acceptors (Lipinski definition) is 4. The Bertz CT molecular complexity index is 288. The van der Waals surface area contributed by atoms with E-state index < -0.39 is 15.1 Å². The molecule has 0 amide bonds. The molecule has 2 unspecified atom stereocenters. The summed E-state index contributed by atoms with van der Waals surface area (Å²) in [5.74, 6) is 0.0381. The van der Waals surface area contributed by atoms with Crippen LogP contribution in [0.2, 0.25) is 0 Å². The van der Waals surface area contributed by atoms with Gasteiger partial charge in [0.15, 0.2) is 9.84 Å². The second-order valence-electron chi connectivity index (χ2n) is 3.29. The lowest BCUT2D eigenvalue weighted by Gasteiger charge is -2.34. The van der Waals surface area contributed by atoms with Gasteiger partial charge in [-0.25, -0.2) is 8.42 Å². The minimum atomic E-state index is -3.01. The van der Waals surface area contributed by atoms with Crippen molar-refractivity contribution in [3.63, 3.8) is 0 Å². The molecule has 0 radical (unpaired) electrons. The zero-order valence-electron chi connectivity index (χ0n) is 7.80. The molecule has 0 aliphatic carbocycles. The molecule has 1 saturated heterocycles. The van der Waals surface area contributed by atoms with Gasteiger partial charge < -0.3 is 0 Å². The normalized spacial score (nSPS) is 32.9. The van der Waals surface area contributed by atoms with E-state index >= 15 is 0 Å². The van der Waals surface area contributed by atoms with Gasteiger partial charge in [0.25, 0.3) is 0 Å². The minimum Gasteiger partial charge on any atom is -0.256 e. The average molecular weight is 206 g/mol. The van der Waals surface area contributed by atoms with Crippen LogP contribution in [0.3, 0.4) is 0 Å². The lowest BCUT2D eigenvalue weighted by atomic mass is 10.1. The van der Waals surface area contributed by atoms with Crippen molar-refractivity contribution in [1.82, 2.24) is 5.01 Å². The van der Waals surface area contributed by atoms with Crippen molar-refractivity contribution in [1.29, 1.82) is 0 Å². The van der Waals surface area contributed by atoms with E-state index in [1.165, 1.54) is 5.01 Å². The van der Waals surface area contributed by atoms with Gasteiger partial charge in [0.2, 0.25) is 0 Å². The molecule has 0 saturated carbocycles. The first-order chi connectivity index (χ1) is 6.03. The number of nitroso groups, excluding NO2 is 1. The molecule has 0 spiro atoms. The zero-order chi connectivity index (χ0) is 10.1. The molecule has 1 heterocycles. The molecule has 6 heteroatoms. The number of rotatable bonds is 2. The smallest absolute Gasteiger partial charge is 0.156 e. The van der Waals surface area contributed by atoms with Crippen molar-refractivity contribution in [2.24, 2.45) is 5.29 Å². The van der Waals surface area contributed by atoms with Crippen LogP contribution in [0, 0.1) is 4.91 Å². The van der Waals surface area contributed by atoms with E-state index in [4.69, 9.17) is 0 Å². The van der Waals surface area contributed by atoms with Crippen molar-refractivity contribution >= 4 is 9.84 Å². The van der Waals surface area contributed by atoms with E-state index in [0.29, 0.717) is 6.42 Å². The first-order valence-electron chi connectivity index (χ1n) is 4.34. The highest BCUT2D eigenvalue weighted by atomic mass is 32.2. The molecule has 0 N–H and O–H groups in total. The summed E-state index contributed by atoms with van der Waals surface area (Å²) in [6, 6.07) is -0.253. The lowest BCUT2D eigenvalue weighted by molar-refractivity contribution is 0.192. The van der Waals surface area contributed by atoms with E-state index in [2.05, 4.69) is 5.29 Å². The highest BCUT2D eigenvalue weighted by Crippen LogP contribution is 2.21. The molecule has 1 fully saturated rings. The number of nitrogens with zero attached hydrogens (tertiary/aromatic N) is 2. The molecule has 0 aromatic heterocycles. The van der Waals surface area contributed by atoms with Gasteiger partial charge in [-0.2, -0.15) is 0 Å². The Morgan fingerprint density at radius 1 is 1.54 bits per heavy atom. The van der Waals surface area contributed by atoms with Crippen LogP contribution in [0.5, 0.6) is 0 Å². The van der Waals surface area contributed by atoms with Gasteiger partial charge in [0.05, 0.1) is 28.9 Å². The Morgan fingerprint density at radius 3 is 2.62 bits per heavy atom. The summed E-state index contributed by atoms with van der Waals surface area (Å²) in [4.78, 5) is 10.4. The highest BCUT2D eigenvalue weighted by Gasteiger charge is 2.37. The van der Waals surface area contributed by atoms with Gasteiger partial charge in [-0.3, -0.25) is 5.01 Å². The minimum absolute atomic E-state index is 0.0381. The summed E-state index contributed by atoms with van der Waals surface area (Å²) in [5, 5.41) is 3.69. The summed E-state index contributed by atoms with van der Waals surface area (Å²) >= 11 is 0. The Kier molecular flexibility index (Phi) is 2.90. The Morgan fingerprint density at radius 2 is 2.15 bits per heavy atom. The van der Waals surface area contributed by atoms with E-state index in [1.54, 1.807) is 6.92 Å². The van der Waals surface area contributed by atoms with Crippen LogP contribution in [0.4, 0.5) is 0 Å². The third-order valence-corrected chi connectivity index (χ3v) is 4.82. The predicted molar refractivity (Wildman–Crippen MR) is 49.8 cm³/mol. The molecule has 76 valence electrons. The molecule has 1 rings (SSSR count). The number of hydrogen-bond donors (Lipinski definition) is 0. The Hall–Kier alpha value is -0.650. The van der Waals surface area contributed by atoms with Crippen LogP contribution in [0.1, 0.15) is 20.3 Å². The van der Waals surface area contributed by atoms with Crippen LogP contribution < -0.4 is 0 Å². The fourth-order valence-corrected chi connectivity index (χ4v) is 3.32. The van der Waals surface area contributed by atoms with E-state index in [0.717, 1.165) is 0 Å². The third kappa shape index (κ3) is 1.82. The van der Waals surface area contributed by atoms with Gasteiger partial charge in [-0.15, -0.1) is 4.91 Å². The fraction of sp³-hybridized carbons (Fsp3) is 1.00. The molecule has 0 bridgehead atoms. The summed E-state index contributed by atoms with van der Waals surface area (Å²) in [5.41, 5.74) is 0. The van der Waals surface area contributed by atoms with Gasteiger partial charge in [-0.1, -0.05) is 6.92 Å². The molecular formula is C7H14N2O3S. The van der Waals surface area contributed by atoms with Crippen molar-refractivity contribution in [3.8, 4) is 0 Å². The topological polar surface area (TPSA) is 66.8 Å². The molecular weight excluding hydrogens is 192 g/mol. The van der Waals surface area contributed by atoms with Gasteiger partial charge in [0.1, 0.15) is 0 Å². The van der Waals surface area contributed by atoms with E-state index in [-0.39, 0.29) is 18.3 Å². The molecule has 1 aliphatic rings. The third-order valence-electron chi connectivity index (χ3n) is 2.62. The lowest BCUT2D eigenvalue weighted by Crippen LogP contribution is -2.50. The summed E-state index contributed by atoms with van der Waals surface area (Å²) < 4.78 is 22.9. The summed E-state index contributed by atoms with van der Waals surface area (Å²) in [6.07, 6.45) is 0.631. The summed E-state index contributed by atoms with van der Waals surface area (Å²) in [7, 11) is -3.01. The molecule has 1 aliphatic heterocycles. The van der Waals surface area contributed by atoms with Crippen LogP contribution in [0.25, 0.3) is 0 Å². The van der Waals surface area contributed by atoms with Gasteiger partial charge in [0, 0.05) is 0 Å². The largest absolute Gasteiger partial charge is 0.256 e. The monoisotopic (exact) mass is 206 g/mol. The van der Waals surface area contributed by atoms with Crippen molar-refractivity contribution in [2.75, 3.05) is 12.3 Å². The van der Waals surface area contributed by atoms with Crippen LogP contribution in [0.15, 0.2) is 5.29 Å². The molecule has 0 aromatic rings. The Labute approximate surface area is 78.0 Å². The van der Waals surface area contributed by atoms with E-state index in [9.17, 15) is 13.3 Å². The average Bonchev–Trinajstić information content (AvgIpc) is 2.09. The Balaban J connectivity index is 2.90. The first-order valence-corrected chi connectivity index (χ1v) is 6.06. The van der Waals surface area contributed by atoms with Crippen LogP contribution in [-0.4, -0.2) is 37.0 Å². The standard InChI is InChI=1S/C7H14N2O3S/c1-3-7-6(2)13(11,12)5-4-9(7)8-10/h6-7H,3-5H2,1-2H3. The highest BCUT2D eigenvalue weighted by molar-refractivity contribution is 7.92.